The molecule has 3 nitrogen and oxygen atoms in total. The lowest BCUT2D eigenvalue weighted by atomic mass is 9.38. The van der Waals surface area contributed by atoms with Crippen molar-refractivity contribution >= 4 is 5.78 Å². The van der Waals surface area contributed by atoms with Crippen LogP contribution in [-0.2, 0) is 9.53 Å². The fourth-order valence-electron chi connectivity index (χ4n) is 10.9. The van der Waals surface area contributed by atoms with Gasteiger partial charge in [-0.15, -0.1) is 0 Å². The van der Waals surface area contributed by atoms with Gasteiger partial charge in [-0.1, -0.05) is 62.3 Å². The maximum Gasteiger partial charge on any atom is 0.138 e. The summed E-state index contributed by atoms with van der Waals surface area (Å²) in [6.45, 7) is 20.9. The first kappa shape index (κ1) is 25.2. The number of Topliss-reactive ketones (excluding diaryl/α,β-unsaturated/α-hetero) is 1. The normalized spacial score (nSPS) is 52.1. The quantitative estimate of drug-likeness (QED) is 0.435. The minimum Gasteiger partial charge on any atom is -0.393 e. The Bertz CT molecular complexity index is 870. The first-order chi connectivity index (χ1) is 15.5. The van der Waals surface area contributed by atoms with E-state index in [9.17, 15) is 9.90 Å². The summed E-state index contributed by atoms with van der Waals surface area (Å²) < 4.78 is 7.23. The molecule has 1 heterocycles. The molecule has 1 aliphatic heterocycles. The van der Waals surface area contributed by atoms with E-state index in [0.717, 1.165) is 25.7 Å². The van der Waals surface area contributed by atoms with E-state index in [1.54, 1.807) is 0 Å². The Hall–Kier alpha value is -0.410. The molecular formula is C31H52O3. The van der Waals surface area contributed by atoms with Crippen molar-refractivity contribution in [1.82, 2.24) is 0 Å². The third kappa shape index (κ3) is 2.75. The summed E-state index contributed by atoms with van der Waals surface area (Å²) in [6.07, 6.45) is 10.9. The SMILES string of the molecule is CC(CCC(=O)C(C)(C)C)C1CC[C@@]2(C)C34CC[C@H]5C(C)(C)[C@@H](O)CC[C@]5(C)C3(CC[C@]12C)O4. The molecule has 1 N–H and O–H groups in total. The fraction of sp³-hybridized carbons (Fsp3) is 0.968. The van der Waals surface area contributed by atoms with E-state index in [0.29, 0.717) is 23.5 Å². The van der Waals surface area contributed by atoms with Crippen LogP contribution >= 0.6 is 0 Å². The Morgan fingerprint density at radius 2 is 1.59 bits per heavy atom. The van der Waals surface area contributed by atoms with Gasteiger partial charge in [-0.25, -0.2) is 0 Å². The van der Waals surface area contributed by atoms with Gasteiger partial charge in [0.05, 0.1) is 6.10 Å². The molecule has 4 aliphatic carbocycles. The van der Waals surface area contributed by atoms with Gasteiger partial charge in [-0.05, 0) is 86.4 Å². The van der Waals surface area contributed by atoms with Crippen molar-refractivity contribution in [3.63, 3.8) is 0 Å². The van der Waals surface area contributed by atoms with Crippen molar-refractivity contribution in [2.75, 3.05) is 0 Å². The van der Waals surface area contributed by atoms with Crippen LogP contribution in [-0.4, -0.2) is 28.2 Å². The molecule has 5 fully saturated rings. The molecule has 5 rings (SSSR count). The van der Waals surface area contributed by atoms with Crippen LogP contribution in [0.25, 0.3) is 0 Å². The van der Waals surface area contributed by atoms with Crippen LogP contribution < -0.4 is 0 Å². The Kier molecular flexibility index (Phi) is 5.29. The van der Waals surface area contributed by atoms with Gasteiger partial charge in [-0.3, -0.25) is 4.79 Å². The summed E-state index contributed by atoms with van der Waals surface area (Å²) in [5.74, 6) is 2.20. The topological polar surface area (TPSA) is 49.8 Å². The number of carbonyl (C=O) groups is 1. The van der Waals surface area contributed by atoms with Gasteiger partial charge in [0.15, 0.2) is 0 Å². The second kappa shape index (κ2) is 7.12. The Labute approximate surface area is 209 Å². The average Bonchev–Trinajstić information content (AvgIpc) is 3.37. The zero-order chi connectivity index (χ0) is 25.2. The number of ketones is 1. The molecule has 4 saturated carbocycles. The summed E-state index contributed by atoms with van der Waals surface area (Å²) in [6, 6.07) is 0. The molecule has 0 aromatic carbocycles. The van der Waals surface area contributed by atoms with E-state index in [1.807, 2.05) is 0 Å². The van der Waals surface area contributed by atoms with Crippen LogP contribution in [0.1, 0.15) is 127 Å². The van der Waals surface area contributed by atoms with Gasteiger partial charge >= 0.3 is 0 Å². The number of hydrogen-bond acceptors (Lipinski definition) is 3. The summed E-state index contributed by atoms with van der Waals surface area (Å²) in [5.41, 5.74) is 0.425. The molecule has 3 heteroatoms. The second-order valence-electron chi connectivity index (χ2n) is 15.7. The summed E-state index contributed by atoms with van der Waals surface area (Å²) >= 11 is 0. The first-order valence-corrected chi connectivity index (χ1v) is 14.4. The van der Waals surface area contributed by atoms with Gasteiger partial charge in [0.25, 0.3) is 0 Å². The maximum absolute atomic E-state index is 12.7. The zero-order valence-corrected chi connectivity index (χ0v) is 23.6. The standard InChI is InChI=1S/C31H52O3/c1-20(10-11-23(32)25(2,3)4)21-12-16-29(9)27(21,7)18-19-30-28(8)15-14-24(33)26(5,6)22(28)13-17-31(29,30)34-30/h20-22,24,33H,10-19H2,1-9H3/t20?,21?,22-,24-,27+,28-,29+,30?,31?/m0/s1. The van der Waals surface area contributed by atoms with E-state index in [2.05, 4.69) is 62.3 Å². The molecule has 0 aromatic rings. The largest absolute Gasteiger partial charge is 0.393 e. The highest BCUT2D eigenvalue weighted by Crippen LogP contribution is 2.86. The molecule has 1 saturated heterocycles. The van der Waals surface area contributed by atoms with E-state index in [4.69, 9.17) is 4.74 Å². The number of aliphatic hydroxyl groups is 1. The molecule has 5 aliphatic rings. The predicted molar refractivity (Wildman–Crippen MR) is 137 cm³/mol. The Morgan fingerprint density at radius 1 is 0.912 bits per heavy atom. The van der Waals surface area contributed by atoms with E-state index in [1.165, 1.54) is 38.5 Å². The molecule has 0 bridgehead atoms. The van der Waals surface area contributed by atoms with Crippen LogP contribution in [0.4, 0.5) is 0 Å². The Balaban J connectivity index is 1.42. The summed E-state index contributed by atoms with van der Waals surface area (Å²) in [4.78, 5) is 12.7. The number of epoxide rings is 1. The first-order valence-electron chi connectivity index (χ1n) is 14.4. The molecule has 194 valence electrons. The van der Waals surface area contributed by atoms with Crippen LogP contribution in [0.2, 0.25) is 0 Å². The molecule has 0 radical (unpaired) electrons. The second-order valence-corrected chi connectivity index (χ2v) is 15.7. The molecule has 4 unspecified atom stereocenters. The van der Waals surface area contributed by atoms with Crippen LogP contribution in [0.5, 0.6) is 0 Å². The summed E-state index contributed by atoms with van der Waals surface area (Å²) in [7, 11) is 0. The minimum absolute atomic E-state index is 0.00884. The number of rotatable bonds is 4. The van der Waals surface area contributed by atoms with Crippen molar-refractivity contribution in [2.24, 2.45) is 44.8 Å². The molecule has 34 heavy (non-hydrogen) atoms. The van der Waals surface area contributed by atoms with Gasteiger partial charge < -0.3 is 9.84 Å². The van der Waals surface area contributed by atoms with Gasteiger partial charge in [0.1, 0.15) is 17.0 Å². The highest BCUT2D eigenvalue weighted by Gasteiger charge is 2.90. The van der Waals surface area contributed by atoms with E-state index in [-0.39, 0.29) is 44.4 Å². The highest BCUT2D eigenvalue weighted by atomic mass is 16.6. The number of aliphatic hydroxyl groups excluding tert-OH is 1. The molecule has 0 amide bonds. The number of carbonyl (C=O) groups excluding carboxylic acids is 1. The predicted octanol–water partition coefficient (Wildman–Crippen LogP) is 7.34. The lowest BCUT2D eigenvalue weighted by Gasteiger charge is -2.64. The molecule has 0 aromatic heterocycles. The molecule has 0 spiro atoms. The van der Waals surface area contributed by atoms with E-state index < -0.39 is 0 Å². The lowest BCUT2D eigenvalue weighted by molar-refractivity contribution is -0.158. The lowest BCUT2D eigenvalue weighted by Crippen LogP contribution is -2.66. The van der Waals surface area contributed by atoms with Crippen LogP contribution in [0.3, 0.4) is 0 Å². The van der Waals surface area contributed by atoms with Crippen molar-refractivity contribution in [3.05, 3.63) is 0 Å². The van der Waals surface area contributed by atoms with Gasteiger partial charge in [0, 0.05) is 22.7 Å². The van der Waals surface area contributed by atoms with Gasteiger partial charge in [-0.2, -0.15) is 0 Å². The smallest absolute Gasteiger partial charge is 0.138 e. The third-order valence-corrected chi connectivity index (χ3v) is 13.4. The van der Waals surface area contributed by atoms with Crippen molar-refractivity contribution < 1.29 is 14.6 Å². The highest BCUT2D eigenvalue weighted by molar-refractivity contribution is 5.83. The average molecular weight is 473 g/mol. The summed E-state index contributed by atoms with van der Waals surface area (Å²) in [5, 5.41) is 10.9. The number of hydrogen-bond donors (Lipinski definition) is 1. The van der Waals surface area contributed by atoms with E-state index >= 15 is 0 Å². The maximum atomic E-state index is 12.7. The zero-order valence-electron chi connectivity index (χ0n) is 23.6. The molecular weight excluding hydrogens is 420 g/mol. The van der Waals surface area contributed by atoms with Crippen molar-refractivity contribution in [3.8, 4) is 0 Å². The minimum atomic E-state index is -0.228. The van der Waals surface area contributed by atoms with Crippen molar-refractivity contribution in [2.45, 2.75) is 144 Å². The number of fused-ring (bicyclic) bond motifs is 2. The van der Waals surface area contributed by atoms with Crippen molar-refractivity contribution in [1.29, 1.82) is 0 Å². The Morgan fingerprint density at radius 3 is 2.24 bits per heavy atom. The van der Waals surface area contributed by atoms with Gasteiger partial charge in [0.2, 0.25) is 0 Å². The van der Waals surface area contributed by atoms with Crippen LogP contribution in [0.15, 0.2) is 0 Å². The molecule has 9 atom stereocenters. The number of ether oxygens (including phenoxy) is 1. The monoisotopic (exact) mass is 472 g/mol. The third-order valence-electron chi connectivity index (χ3n) is 13.4. The fourth-order valence-corrected chi connectivity index (χ4v) is 10.9. The van der Waals surface area contributed by atoms with Crippen LogP contribution in [0, 0.1) is 44.8 Å².